The van der Waals surface area contributed by atoms with Crippen molar-refractivity contribution in [3.05, 3.63) is 35.4 Å². The van der Waals surface area contributed by atoms with E-state index in [4.69, 9.17) is 5.21 Å². The second kappa shape index (κ2) is 3.18. The van der Waals surface area contributed by atoms with E-state index >= 15 is 0 Å². The summed E-state index contributed by atoms with van der Waals surface area (Å²) in [5.41, 5.74) is 3.98. The molecular formula is C10H11NO2. The van der Waals surface area contributed by atoms with Crippen LogP contribution in [0.25, 0.3) is 0 Å². The van der Waals surface area contributed by atoms with Crippen molar-refractivity contribution in [2.24, 2.45) is 0 Å². The predicted molar refractivity (Wildman–Crippen MR) is 47.4 cm³/mol. The van der Waals surface area contributed by atoms with Gasteiger partial charge in [-0.2, -0.15) is 0 Å². The van der Waals surface area contributed by atoms with E-state index in [1.54, 1.807) is 5.48 Å². The van der Waals surface area contributed by atoms with Crippen molar-refractivity contribution >= 4 is 5.91 Å². The SMILES string of the molecule is O=C(NO)C1CCc2ccccc21. The van der Waals surface area contributed by atoms with Crippen LogP contribution in [0.4, 0.5) is 0 Å². The van der Waals surface area contributed by atoms with Gasteiger partial charge in [-0.25, -0.2) is 5.48 Å². The minimum Gasteiger partial charge on any atom is -0.289 e. The first-order valence-electron chi connectivity index (χ1n) is 4.34. The van der Waals surface area contributed by atoms with Gasteiger partial charge >= 0.3 is 0 Å². The standard InChI is InChI=1S/C10H11NO2/c12-10(11-13)9-6-5-7-3-1-2-4-8(7)9/h1-4,9,13H,5-6H2,(H,11,12). The summed E-state index contributed by atoms with van der Waals surface area (Å²) in [7, 11) is 0. The largest absolute Gasteiger partial charge is 0.289 e. The number of fused-ring (bicyclic) bond motifs is 1. The van der Waals surface area contributed by atoms with Crippen LogP contribution < -0.4 is 5.48 Å². The summed E-state index contributed by atoms with van der Waals surface area (Å²) >= 11 is 0. The summed E-state index contributed by atoms with van der Waals surface area (Å²) in [6.45, 7) is 0. The van der Waals surface area contributed by atoms with E-state index in [-0.39, 0.29) is 11.8 Å². The molecule has 2 N–H and O–H groups in total. The van der Waals surface area contributed by atoms with Crippen LogP contribution in [0.15, 0.2) is 24.3 Å². The Labute approximate surface area is 76.3 Å². The first-order valence-corrected chi connectivity index (χ1v) is 4.34. The third-order valence-electron chi connectivity index (χ3n) is 2.56. The van der Waals surface area contributed by atoms with E-state index in [0.29, 0.717) is 0 Å². The lowest BCUT2D eigenvalue weighted by molar-refractivity contribution is -0.130. The average molecular weight is 177 g/mol. The highest BCUT2D eigenvalue weighted by atomic mass is 16.5. The van der Waals surface area contributed by atoms with Crippen molar-refractivity contribution in [1.82, 2.24) is 5.48 Å². The fourth-order valence-corrected chi connectivity index (χ4v) is 1.91. The Morgan fingerprint density at radius 1 is 1.46 bits per heavy atom. The molecule has 0 fully saturated rings. The molecule has 0 heterocycles. The molecule has 0 aromatic heterocycles. The number of nitrogens with one attached hydrogen (secondary N) is 1. The average Bonchev–Trinajstić information content (AvgIpc) is 2.60. The van der Waals surface area contributed by atoms with E-state index in [1.165, 1.54) is 5.56 Å². The van der Waals surface area contributed by atoms with Crippen LogP contribution in [-0.2, 0) is 11.2 Å². The molecule has 0 bridgehead atoms. The topological polar surface area (TPSA) is 49.3 Å². The Hall–Kier alpha value is -1.35. The second-order valence-corrected chi connectivity index (χ2v) is 3.27. The summed E-state index contributed by atoms with van der Waals surface area (Å²) in [4.78, 5) is 11.2. The van der Waals surface area contributed by atoms with Crippen molar-refractivity contribution in [2.75, 3.05) is 0 Å². The highest BCUT2D eigenvalue weighted by Gasteiger charge is 2.27. The van der Waals surface area contributed by atoms with Crippen LogP contribution in [0, 0.1) is 0 Å². The Balaban J connectivity index is 2.33. The number of hydrogen-bond acceptors (Lipinski definition) is 2. The fraction of sp³-hybridized carbons (Fsp3) is 0.300. The molecule has 3 heteroatoms. The number of carbonyl (C=O) groups excluding carboxylic acids is 1. The van der Waals surface area contributed by atoms with Crippen molar-refractivity contribution < 1.29 is 10.0 Å². The zero-order valence-electron chi connectivity index (χ0n) is 7.16. The number of hydroxylamine groups is 1. The molecule has 1 aliphatic carbocycles. The smallest absolute Gasteiger partial charge is 0.250 e. The fourth-order valence-electron chi connectivity index (χ4n) is 1.91. The summed E-state index contributed by atoms with van der Waals surface area (Å²) in [5, 5.41) is 8.52. The minimum absolute atomic E-state index is 0.166. The van der Waals surface area contributed by atoms with Gasteiger partial charge in [0.1, 0.15) is 0 Å². The minimum atomic E-state index is -0.301. The van der Waals surface area contributed by atoms with Gasteiger partial charge < -0.3 is 0 Å². The molecule has 1 unspecified atom stereocenters. The first kappa shape index (κ1) is 8.26. The highest BCUT2D eigenvalue weighted by Crippen LogP contribution is 2.32. The lowest BCUT2D eigenvalue weighted by atomic mass is 10.0. The number of hydrogen-bond donors (Lipinski definition) is 2. The number of amides is 1. The molecule has 0 saturated heterocycles. The van der Waals surface area contributed by atoms with Gasteiger partial charge in [0.2, 0.25) is 0 Å². The molecule has 0 radical (unpaired) electrons. The number of aryl methyl sites for hydroxylation is 1. The lowest BCUT2D eigenvalue weighted by Gasteiger charge is -2.07. The van der Waals surface area contributed by atoms with Gasteiger partial charge in [-0.05, 0) is 24.0 Å². The summed E-state index contributed by atoms with van der Waals surface area (Å²) in [6.07, 6.45) is 1.72. The molecule has 1 amide bonds. The Morgan fingerprint density at radius 2 is 2.23 bits per heavy atom. The zero-order chi connectivity index (χ0) is 9.26. The van der Waals surface area contributed by atoms with E-state index < -0.39 is 0 Å². The third-order valence-corrected chi connectivity index (χ3v) is 2.56. The number of carbonyl (C=O) groups is 1. The Morgan fingerprint density at radius 3 is 3.00 bits per heavy atom. The van der Waals surface area contributed by atoms with Crippen LogP contribution >= 0.6 is 0 Å². The number of benzene rings is 1. The molecule has 0 aliphatic heterocycles. The van der Waals surface area contributed by atoms with E-state index in [2.05, 4.69) is 0 Å². The van der Waals surface area contributed by atoms with Crippen molar-refractivity contribution in [3.63, 3.8) is 0 Å². The Kier molecular flexibility index (Phi) is 2.02. The molecular weight excluding hydrogens is 166 g/mol. The summed E-state index contributed by atoms with van der Waals surface area (Å²) in [6, 6.07) is 7.86. The van der Waals surface area contributed by atoms with Gasteiger partial charge in [0.15, 0.2) is 0 Å². The van der Waals surface area contributed by atoms with Gasteiger partial charge in [0, 0.05) is 0 Å². The molecule has 0 saturated carbocycles. The molecule has 1 aromatic rings. The van der Waals surface area contributed by atoms with Gasteiger partial charge in [0.25, 0.3) is 5.91 Å². The molecule has 3 nitrogen and oxygen atoms in total. The molecule has 1 aromatic carbocycles. The third kappa shape index (κ3) is 1.31. The van der Waals surface area contributed by atoms with Gasteiger partial charge in [0.05, 0.1) is 5.92 Å². The summed E-state index contributed by atoms with van der Waals surface area (Å²) in [5.74, 6) is -0.467. The maximum absolute atomic E-state index is 11.2. The normalized spacial score (nSPS) is 19.6. The lowest BCUT2D eigenvalue weighted by Crippen LogP contribution is -2.24. The molecule has 0 spiro atoms. The Bertz CT molecular complexity index is 335. The summed E-state index contributed by atoms with van der Waals surface area (Å²) < 4.78 is 0. The number of rotatable bonds is 1. The van der Waals surface area contributed by atoms with Crippen LogP contribution in [0.3, 0.4) is 0 Å². The second-order valence-electron chi connectivity index (χ2n) is 3.27. The van der Waals surface area contributed by atoms with Crippen LogP contribution in [-0.4, -0.2) is 11.1 Å². The molecule has 1 atom stereocenters. The maximum Gasteiger partial charge on any atom is 0.250 e. The highest BCUT2D eigenvalue weighted by molar-refractivity contribution is 5.83. The van der Waals surface area contributed by atoms with Crippen molar-refractivity contribution in [3.8, 4) is 0 Å². The van der Waals surface area contributed by atoms with E-state index in [9.17, 15) is 4.79 Å². The molecule has 1 aliphatic rings. The maximum atomic E-state index is 11.2. The van der Waals surface area contributed by atoms with Crippen LogP contribution in [0.1, 0.15) is 23.5 Å². The molecule has 68 valence electrons. The molecule has 13 heavy (non-hydrogen) atoms. The van der Waals surface area contributed by atoms with E-state index in [0.717, 1.165) is 18.4 Å². The van der Waals surface area contributed by atoms with Crippen LogP contribution in [0.5, 0.6) is 0 Å². The quantitative estimate of drug-likeness (QED) is 0.500. The van der Waals surface area contributed by atoms with Crippen LogP contribution in [0.2, 0.25) is 0 Å². The van der Waals surface area contributed by atoms with Crippen molar-refractivity contribution in [1.29, 1.82) is 0 Å². The molecule has 2 rings (SSSR count). The zero-order valence-corrected chi connectivity index (χ0v) is 7.16. The van der Waals surface area contributed by atoms with Gasteiger partial charge in [-0.1, -0.05) is 24.3 Å². The monoisotopic (exact) mass is 177 g/mol. The van der Waals surface area contributed by atoms with E-state index in [1.807, 2.05) is 24.3 Å². The first-order chi connectivity index (χ1) is 6.33. The van der Waals surface area contributed by atoms with Gasteiger partial charge in [-0.3, -0.25) is 10.0 Å². The van der Waals surface area contributed by atoms with Crippen molar-refractivity contribution in [2.45, 2.75) is 18.8 Å². The predicted octanol–water partition coefficient (Wildman–Crippen LogP) is 1.22. The van der Waals surface area contributed by atoms with Gasteiger partial charge in [-0.15, -0.1) is 0 Å².